The SMILES string of the molecule is CC(C)CC(=O)CN[C@H](Cc1ccc(Cl)cc1)C(=O)N1CCN(c2ncnc3c2[C@H](C)C[C@H]3O)CC1. The van der Waals surface area contributed by atoms with Crippen molar-refractivity contribution in [3.63, 3.8) is 0 Å². The van der Waals surface area contributed by atoms with Gasteiger partial charge in [0.25, 0.3) is 0 Å². The van der Waals surface area contributed by atoms with E-state index < -0.39 is 12.1 Å². The molecule has 0 radical (unpaired) electrons. The molecule has 1 aliphatic heterocycles. The number of aromatic nitrogens is 2. The fourth-order valence-electron chi connectivity index (χ4n) is 5.18. The lowest BCUT2D eigenvalue weighted by Crippen LogP contribution is -2.55. The van der Waals surface area contributed by atoms with Crippen LogP contribution in [0.5, 0.6) is 0 Å². The number of aliphatic hydroxyl groups is 1. The van der Waals surface area contributed by atoms with Gasteiger partial charge in [0, 0.05) is 43.2 Å². The van der Waals surface area contributed by atoms with Crippen molar-refractivity contribution in [1.82, 2.24) is 20.2 Å². The minimum Gasteiger partial charge on any atom is -0.387 e. The smallest absolute Gasteiger partial charge is 0.240 e. The number of amides is 1. The Bertz CT molecular complexity index is 1070. The zero-order valence-electron chi connectivity index (χ0n) is 21.3. The molecule has 9 heteroatoms. The van der Waals surface area contributed by atoms with Crippen LogP contribution in [0.4, 0.5) is 5.82 Å². The molecular weight excluding hydrogens is 478 g/mol. The highest BCUT2D eigenvalue weighted by Gasteiger charge is 2.34. The standard InChI is InChI=1S/C27H36ClN5O3/c1-17(2)12-21(34)15-29-22(14-19-4-6-20(28)7-5-19)27(36)33-10-8-32(9-11-33)26-24-18(3)13-23(35)25(24)30-16-31-26/h4-7,16-18,22-23,29,35H,8-15H2,1-3H3/t18-,22-,23-/m1/s1. The fourth-order valence-corrected chi connectivity index (χ4v) is 5.31. The van der Waals surface area contributed by atoms with Gasteiger partial charge in [0.05, 0.1) is 24.4 Å². The van der Waals surface area contributed by atoms with Crippen molar-refractivity contribution < 1.29 is 14.7 Å². The number of aliphatic hydroxyl groups excluding tert-OH is 1. The molecule has 1 aromatic heterocycles. The normalized spacial score (nSPS) is 20.5. The van der Waals surface area contributed by atoms with Crippen molar-refractivity contribution in [2.24, 2.45) is 5.92 Å². The molecule has 194 valence electrons. The van der Waals surface area contributed by atoms with Gasteiger partial charge in [-0.25, -0.2) is 9.97 Å². The number of piperazine rings is 1. The number of Topliss-reactive ketones (excluding diaryl/α,β-unsaturated/α-hetero) is 1. The maximum atomic E-state index is 13.6. The van der Waals surface area contributed by atoms with Gasteiger partial charge >= 0.3 is 0 Å². The fraction of sp³-hybridized carbons (Fsp3) is 0.556. The van der Waals surface area contributed by atoms with Crippen molar-refractivity contribution >= 4 is 29.1 Å². The maximum absolute atomic E-state index is 13.6. The Hall–Kier alpha value is -2.55. The molecule has 4 rings (SSSR count). The van der Waals surface area contributed by atoms with E-state index in [1.165, 1.54) is 6.33 Å². The van der Waals surface area contributed by atoms with Crippen molar-refractivity contribution in [3.05, 3.63) is 52.4 Å². The maximum Gasteiger partial charge on any atom is 0.240 e. The number of carbonyl (C=O) groups is 2. The van der Waals surface area contributed by atoms with Crippen LogP contribution < -0.4 is 10.2 Å². The first kappa shape index (κ1) is 26.5. The van der Waals surface area contributed by atoms with Gasteiger partial charge in [-0.3, -0.25) is 14.9 Å². The quantitative estimate of drug-likeness (QED) is 0.531. The van der Waals surface area contributed by atoms with Crippen LogP contribution in [-0.2, 0) is 16.0 Å². The molecule has 2 heterocycles. The van der Waals surface area contributed by atoms with E-state index in [4.69, 9.17) is 11.6 Å². The summed E-state index contributed by atoms with van der Waals surface area (Å²) in [7, 11) is 0. The number of nitrogens with one attached hydrogen (secondary N) is 1. The van der Waals surface area contributed by atoms with E-state index in [9.17, 15) is 14.7 Å². The molecule has 0 spiro atoms. The van der Waals surface area contributed by atoms with Crippen LogP contribution in [0.25, 0.3) is 0 Å². The number of carbonyl (C=O) groups excluding carboxylic acids is 2. The zero-order valence-corrected chi connectivity index (χ0v) is 22.0. The number of benzene rings is 1. The lowest BCUT2D eigenvalue weighted by Gasteiger charge is -2.38. The van der Waals surface area contributed by atoms with E-state index in [-0.39, 0.29) is 30.1 Å². The predicted octanol–water partition coefficient (Wildman–Crippen LogP) is 3.14. The first-order valence-electron chi connectivity index (χ1n) is 12.8. The third-order valence-electron chi connectivity index (χ3n) is 7.00. The number of nitrogens with zero attached hydrogens (tertiary/aromatic N) is 4. The second-order valence-electron chi connectivity index (χ2n) is 10.4. The van der Waals surface area contributed by atoms with Crippen LogP contribution >= 0.6 is 11.6 Å². The van der Waals surface area contributed by atoms with Crippen molar-refractivity contribution in [1.29, 1.82) is 0 Å². The molecule has 1 saturated heterocycles. The average Bonchev–Trinajstić information content (AvgIpc) is 3.15. The van der Waals surface area contributed by atoms with Crippen LogP contribution in [0.3, 0.4) is 0 Å². The summed E-state index contributed by atoms with van der Waals surface area (Å²) >= 11 is 6.04. The van der Waals surface area contributed by atoms with Gasteiger partial charge in [0.2, 0.25) is 5.91 Å². The van der Waals surface area contributed by atoms with Crippen molar-refractivity contribution in [3.8, 4) is 0 Å². The molecular formula is C27H36ClN5O3. The number of rotatable bonds is 9. The number of hydrogen-bond acceptors (Lipinski definition) is 7. The first-order valence-corrected chi connectivity index (χ1v) is 13.2. The highest BCUT2D eigenvalue weighted by atomic mass is 35.5. The summed E-state index contributed by atoms with van der Waals surface area (Å²) in [6.07, 6.45) is 2.61. The molecule has 3 atom stereocenters. The first-order chi connectivity index (χ1) is 17.2. The summed E-state index contributed by atoms with van der Waals surface area (Å²) < 4.78 is 0. The van der Waals surface area contributed by atoms with Crippen molar-refractivity contribution in [2.75, 3.05) is 37.6 Å². The number of hydrogen-bond donors (Lipinski definition) is 2. The average molecular weight is 514 g/mol. The van der Waals surface area contributed by atoms with E-state index in [0.717, 1.165) is 22.6 Å². The molecule has 8 nitrogen and oxygen atoms in total. The zero-order chi connectivity index (χ0) is 25.8. The number of anilines is 1. The van der Waals surface area contributed by atoms with Gasteiger partial charge < -0.3 is 14.9 Å². The minimum atomic E-state index is -0.544. The Morgan fingerprint density at radius 2 is 1.83 bits per heavy atom. The summed E-state index contributed by atoms with van der Waals surface area (Å²) in [6.45, 7) is 8.73. The van der Waals surface area contributed by atoms with Gasteiger partial charge in [-0.2, -0.15) is 0 Å². The summed E-state index contributed by atoms with van der Waals surface area (Å²) in [6, 6.07) is 6.98. The van der Waals surface area contributed by atoms with E-state index in [1.807, 2.05) is 43.0 Å². The topological polar surface area (TPSA) is 98.7 Å². The highest BCUT2D eigenvalue weighted by Crippen LogP contribution is 2.42. The number of fused-ring (bicyclic) bond motifs is 1. The largest absolute Gasteiger partial charge is 0.387 e. The molecule has 36 heavy (non-hydrogen) atoms. The minimum absolute atomic E-state index is 0.00125. The monoisotopic (exact) mass is 513 g/mol. The molecule has 2 aromatic rings. The molecule has 0 bridgehead atoms. The Balaban J connectivity index is 1.43. The Morgan fingerprint density at radius 3 is 2.50 bits per heavy atom. The Morgan fingerprint density at radius 1 is 1.14 bits per heavy atom. The molecule has 1 fully saturated rings. The third kappa shape index (κ3) is 6.22. The van der Waals surface area contributed by atoms with E-state index in [2.05, 4.69) is 27.1 Å². The molecule has 2 aliphatic rings. The van der Waals surface area contributed by atoms with Crippen LogP contribution in [0.2, 0.25) is 5.02 Å². The van der Waals surface area contributed by atoms with Crippen LogP contribution in [-0.4, -0.2) is 70.4 Å². The predicted molar refractivity (Wildman–Crippen MR) is 140 cm³/mol. The molecule has 2 N–H and O–H groups in total. The second-order valence-corrected chi connectivity index (χ2v) is 10.8. The third-order valence-corrected chi connectivity index (χ3v) is 7.25. The number of halogens is 1. The number of ketones is 1. The van der Waals surface area contributed by atoms with Crippen molar-refractivity contribution in [2.45, 2.75) is 58.1 Å². The lowest BCUT2D eigenvalue weighted by molar-refractivity contribution is -0.133. The lowest BCUT2D eigenvalue weighted by atomic mass is 10.0. The molecule has 1 aliphatic carbocycles. The van der Waals surface area contributed by atoms with Gasteiger partial charge in [0.15, 0.2) is 0 Å². The second kappa shape index (κ2) is 11.7. The van der Waals surface area contributed by atoms with Gasteiger partial charge in [-0.15, -0.1) is 0 Å². The van der Waals surface area contributed by atoms with Gasteiger partial charge in [-0.05, 0) is 42.4 Å². The molecule has 1 aromatic carbocycles. The molecule has 1 amide bonds. The molecule has 0 unspecified atom stereocenters. The van der Waals surface area contributed by atoms with Crippen LogP contribution in [0.1, 0.15) is 62.5 Å². The summed E-state index contributed by atoms with van der Waals surface area (Å²) in [5.41, 5.74) is 2.74. The van der Waals surface area contributed by atoms with Crippen LogP contribution in [0.15, 0.2) is 30.6 Å². The van der Waals surface area contributed by atoms with E-state index >= 15 is 0 Å². The Labute approximate surface area is 218 Å². The highest BCUT2D eigenvalue weighted by molar-refractivity contribution is 6.30. The molecule has 0 saturated carbocycles. The Kier molecular flexibility index (Phi) is 8.59. The van der Waals surface area contributed by atoms with E-state index in [1.54, 1.807) is 0 Å². The van der Waals surface area contributed by atoms with Gasteiger partial charge in [0.1, 0.15) is 17.9 Å². The summed E-state index contributed by atoms with van der Waals surface area (Å²) in [5, 5.41) is 14.2. The summed E-state index contributed by atoms with van der Waals surface area (Å²) in [5.74, 6) is 1.45. The van der Waals surface area contributed by atoms with E-state index in [0.29, 0.717) is 50.5 Å². The van der Waals surface area contributed by atoms with Gasteiger partial charge in [-0.1, -0.05) is 44.5 Å². The summed E-state index contributed by atoms with van der Waals surface area (Å²) in [4.78, 5) is 38.8. The van der Waals surface area contributed by atoms with Crippen LogP contribution in [0, 0.1) is 5.92 Å².